The van der Waals surface area contributed by atoms with Gasteiger partial charge < -0.3 is 0 Å². The molecule has 0 aliphatic carbocycles. The molecule has 1 aromatic rings. The molecule has 0 fully saturated rings. The van der Waals surface area contributed by atoms with Gasteiger partial charge in [0, 0.05) is 12.4 Å². The maximum atomic E-state index is 4.39. The van der Waals surface area contributed by atoms with Crippen LogP contribution in [0.2, 0.25) is 0 Å². The van der Waals surface area contributed by atoms with Crippen molar-refractivity contribution in [1.82, 2.24) is 9.78 Å². The van der Waals surface area contributed by atoms with E-state index in [0.717, 1.165) is 11.8 Å². The first-order chi connectivity index (χ1) is 5.20. The molecule has 0 bridgehead atoms. The summed E-state index contributed by atoms with van der Waals surface area (Å²) in [5.41, 5.74) is 3.82. The number of hydrogen-bond acceptors (Lipinski definition) is 1. The Bertz CT molecular complexity index is 253. The number of rotatable bonds is 2. The van der Waals surface area contributed by atoms with Crippen LogP contribution >= 0.6 is 15.9 Å². The largest absolute Gasteiger partial charge is 0.271 e. The fraction of sp³-hybridized carbons (Fsp3) is 0.625. The quantitative estimate of drug-likeness (QED) is 0.694. The van der Waals surface area contributed by atoms with Crippen LogP contribution in [0.4, 0.5) is 0 Å². The number of hydrogen-bond donors (Lipinski definition) is 0. The summed E-state index contributed by atoms with van der Waals surface area (Å²) < 4.78 is 1.95. The van der Waals surface area contributed by atoms with Crippen molar-refractivity contribution in [2.45, 2.75) is 25.6 Å². The maximum absolute atomic E-state index is 4.39. The van der Waals surface area contributed by atoms with Crippen LogP contribution in [0.25, 0.3) is 0 Å². The van der Waals surface area contributed by atoms with Gasteiger partial charge in [-0.25, -0.2) is 0 Å². The Morgan fingerprint density at radius 3 is 2.45 bits per heavy atom. The molecule has 0 saturated carbocycles. The van der Waals surface area contributed by atoms with E-state index in [0.29, 0.717) is 0 Å². The highest BCUT2D eigenvalue weighted by Gasteiger charge is 2.08. The zero-order valence-electron chi connectivity index (χ0n) is 7.19. The summed E-state index contributed by atoms with van der Waals surface area (Å²) in [7, 11) is 1.99. The Hall–Kier alpha value is -0.310. The van der Waals surface area contributed by atoms with Gasteiger partial charge in [0.2, 0.25) is 0 Å². The Kier molecular flexibility index (Phi) is 2.71. The Balaban J connectivity index is 3.14. The summed E-state index contributed by atoms with van der Waals surface area (Å²) >= 11 is 3.44. The van der Waals surface area contributed by atoms with Gasteiger partial charge in [-0.1, -0.05) is 22.9 Å². The van der Waals surface area contributed by atoms with Crippen molar-refractivity contribution in [3.05, 3.63) is 17.0 Å². The van der Waals surface area contributed by atoms with Gasteiger partial charge in [0.05, 0.1) is 11.4 Å². The van der Waals surface area contributed by atoms with Crippen LogP contribution in [-0.2, 0) is 18.8 Å². The number of aryl methyl sites for hydroxylation is 2. The van der Waals surface area contributed by atoms with Crippen LogP contribution < -0.4 is 0 Å². The van der Waals surface area contributed by atoms with E-state index >= 15 is 0 Å². The minimum Gasteiger partial charge on any atom is -0.271 e. The first-order valence-electron chi connectivity index (χ1n) is 3.78. The van der Waals surface area contributed by atoms with E-state index in [4.69, 9.17) is 0 Å². The molecule has 2 nitrogen and oxygen atoms in total. The molecule has 0 N–H and O–H groups in total. The zero-order valence-corrected chi connectivity index (χ0v) is 8.77. The second kappa shape index (κ2) is 3.39. The molecule has 0 spiro atoms. The second-order valence-electron chi connectivity index (χ2n) is 2.63. The first-order valence-corrected chi connectivity index (χ1v) is 4.90. The molecular formula is C8H13BrN2. The van der Waals surface area contributed by atoms with Crippen molar-refractivity contribution in [3.8, 4) is 0 Å². The molecule has 0 saturated heterocycles. The third-order valence-electron chi connectivity index (χ3n) is 1.99. The van der Waals surface area contributed by atoms with Crippen LogP contribution in [0.5, 0.6) is 0 Å². The Morgan fingerprint density at radius 2 is 2.18 bits per heavy atom. The monoisotopic (exact) mass is 216 g/mol. The molecule has 1 heterocycles. The maximum Gasteiger partial charge on any atom is 0.0654 e. The third-order valence-corrected chi connectivity index (χ3v) is 2.52. The van der Waals surface area contributed by atoms with Crippen molar-refractivity contribution < 1.29 is 0 Å². The van der Waals surface area contributed by atoms with Gasteiger partial charge in [0.15, 0.2) is 0 Å². The molecule has 3 heteroatoms. The lowest BCUT2D eigenvalue weighted by Gasteiger charge is -1.95. The molecule has 0 aromatic carbocycles. The summed E-state index contributed by atoms with van der Waals surface area (Å²) in [5, 5.41) is 5.28. The lowest BCUT2D eigenvalue weighted by molar-refractivity contribution is 0.720. The van der Waals surface area contributed by atoms with E-state index in [2.05, 4.69) is 34.9 Å². The number of aromatic nitrogens is 2. The summed E-state index contributed by atoms with van der Waals surface area (Å²) in [5.74, 6) is 0. The molecule has 0 aliphatic heterocycles. The molecule has 11 heavy (non-hydrogen) atoms. The van der Waals surface area contributed by atoms with Gasteiger partial charge in [0.25, 0.3) is 0 Å². The molecule has 0 unspecified atom stereocenters. The standard InChI is InChI=1S/C8H13BrN2/c1-4-7-6(2)8(5-9)11(3)10-7/h4-5H2,1-3H3. The average Bonchev–Trinajstić information content (AvgIpc) is 2.26. The molecular weight excluding hydrogens is 204 g/mol. The highest BCUT2D eigenvalue weighted by molar-refractivity contribution is 9.08. The Morgan fingerprint density at radius 1 is 1.55 bits per heavy atom. The summed E-state index contributed by atoms with van der Waals surface area (Å²) in [4.78, 5) is 0. The number of halogens is 1. The van der Waals surface area contributed by atoms with E-state index in [1.54, 1.807) is 0 Å². The van der Waals surface area contributed by atoms with Gasteiger partial charge in [-0.2, -0.15) is 5.10 Å². The average molecular weight is 217 g/mol. The van der Waals surface area contributed by atoms with Crippen molar-refractivity contribution in [1.29, 1.82) is 0 Å². The normalized spacial score (nSPS) is 10.5. The van der Waals surface area contributed by atoms with Crippen LogP contribution in [0.3, 0.4) is 0 Å². The van der Waals surface area contributed by atoms with E-state index in [1.807, 2.05) is 11.7 Å². The second-order valence-corrected chi connectivity index (χ2v) is 3.19. The smallest absolute Gasteiger partial charge is 0.0654 e. The minimum atomic E-state index is 0.891. The molecule has 0 amide bonds. The first kappa shape index (κ1) is 8.78. The van der Waals surface area contributed by atoms with Crippen molar-refractivity contribution in [2.75, 3.05) is 0 Å². The summed E-state index contributed by atoms with van der Waals surface area (Å²) in [6.07, 6.45) is 1.02. The SMILES string of the molecule is CCc1nn(C)c(CBr)c1C. The van der Waals surface area contributed by atoms with Gasteiger partial charge in [0.1, 0.15) is 0 Å². The predicted molar refractivity (Wildman–Crippen MR) is 50.0 cm³/mol. The topological polar surface area (TPSA) is 17.8 Å². The lowest BCUT2D eigenvalue weighted by Crippen LogP contribution is -1.95. The molecule has 1 rings (SSSR count). The van der Waals surface area contributed by atoms with Gasteiger partial charge in [-0.05, 0) is 18.9 Å². The van der Waals surface area contributed by atoms with Crippen LogP contribution in [0.1, 0.15) is 23.9 Å². The molecule has 62 valence electrons. The summed E-state index contributed by atoms with van der Waals surface area (Å²) in [6.45, 7) is 4.26. The fourth-order valence-corrected chi connectivity index (χ4v) is 2.03. The van der Waals surface area contributed by atoms with Gasteiger partial charge in [-0.3, -0.25) is 4.68 Å². The van der Waals surface area contributed by atoms with E-state index < -0.39 is 0 Å². The van der Waals surface area contributed by atoms with E-state index in [1.165, 1.54) is 17.0 Å². The van der Waals surface area contributed by atoms with Crippen molar-refractivity contribution in [2.24, 2.45) is 7.05 Å². The van der Waals surface area contributed by atoms with Crippen LogP contribution in [0, 0.1) is 6.92 Å². The van der Waals surface area contributed by atoms with Crippen LogP contribution in [-0.4, -0.2) is 9.78 Å². The van der Waals surface area contributed by atoms with E-state index in [-0.39, 0.29) is 0 Å². The number of nitrogens with zero attached hydrogens (tertiary/aromatic N) is 2. The summed E-state index contributed by atoms with van der Waals surface area (Å²) in [6, 6.07) is 0. The lowest BCUT2D eigenvalue weighted by atomic mass is 10.2. The highest BCUT2D eigenvalue weighted by Crippen LogP contribution is 2.15. The zero-order chi connectivity index (χ0) is 8.43. The molecule has 1 aromatic heterocycles. The predicted octanol–water partition coefficient (Wildman–Crippen LogP) is 2.19. The molecule has 0 atom stereocenters. The molecule has 0 aliphatic rings. The fourth-order valence-electron chi connectivity index (χ4n) is 1.25. The van der Waals surface area contributed by atoms with Crippen LogP contribution in [0.15, 0.2) is 0 Å². The Labute approximate surface area is 75.7 Å². The van der Waals surface area contributed by atoms with E-state index in [9.17, 15) is 0 Å². The third kappa shape index (κ3) is 1.48. The van der Waals surface area contributed by atoms with Crippen molar-refractivity contribution >= 4 is 15.9 Å². The number of alkyl halides is 1. The van der Waals surface area contributed by atoms with Crippen molar-refractivity contribution in [3.63, 3.8) is 0 Å². The van der Waals surface area contributed by atoms with Gasteiger partial charge >= 0.3 is 0 Å². The highest BCUT2D eigenvalue weighted by atomic mass is 79.9. The molecule has 0 radical (unpaired) electrons. The minimum absolute atomic E-state index is 0.891. The van der Waals surface area contributed by atoms with Gasteiger partial charge in [-0.15, -0.1) is 0 Å².